The summed E-state index contributed by atoms with van der Waals surface area (Å²) < 4.78 is 0. The van der Waals surface area contributed by atoms with Crippen molar-refractivity contribution in [1.29, 1.82) is 0 Å². The van der Waals surface area contributed by atoms with E-state index in [9.17, 15) is 9.59 Å². The summed E-state index contributed by atoms with van der Waals surface area (Å²) in [5.74, 6) is -0.125. The summed E-state index contributed by atoms with van der Waals surface area (Å²) in [6.45, 7) is 2.81. The number of ketones is 2. The lowest BCUT2D eigenvalue weighted by Crippen LogP contribution is -1.97. The Bertz CT molecular complexity index is 88.4. The molecule has 0 aliphatic heterocycles. The van der Waals surface area contributed by atoms with Crippen molar-refractivity contribution in [2.75, 3.05) is 0 Å². The van der Waals surface area contributed by atoms with Crippen molar-refractivity contribution in [3.05, 3.63) is 0 Å². The van der Waals surface area contributed by atoms with Crippen LogP contribution in [0.3, 0.4) is 0 Å². The molecule has 0 aromatic carbocycles. The molecule has 0 saturated heterocycles. The lowest BCUT2D eigenvalue weighted by atomic mass is 10.2. The normalized spacial score (nSPS) is 6.44. The molecule has 0 rings (SSSR count). The summed E-state index contributed by atoms with van der Waals surface area (Å²) in [5.41, 5.74) is 0. The van der Waals surface area contributed by atoms with Gasteiger partial charge < -0.3 is 5.48 Å². The zero-order valence-corrected chi connectivity index (χ0v) is 5.02. The van der Waals surface area contributed by atoms with Crippen LogP contribution in [-0.4, -0.2) is 40.1 Å². The summed E-state index contributed by atoms with van der Waals surface area (Å²) in [6, 6.07) is 0. The first-order valence-corrected chi connectivity index (χ1v) is 2.12. The molecule has 0 atom stereocenters. The number of Topliss-reactive ketones (excluding diaryl/α,β-unsaturated/α-hetero) is 2. The molecule has 0 heterocycles. The van der Waals surface area contributed by atoms with E-state index >= 15 is 0 Å². The molecule has 0 unspecified atom stereocenters. The summed E-state index contributed by atoms with van der Waals surface area (Å²) in [6.07, 6.45) is 0.0833. The summed E-state index contributed by atoms with van der Waals surface area (Å²) in [7, 11) is 0. The third-order valence-electron chi connectivity index (χ3n) is 0.498. The number of hydrogen-bond acceptors (Lipinski definition) is 2. The molecule has 0 aromatic rings. The molecule has 52 valence electrons. The van der Waals surface area contributed by atoms with Crippen LogP contribution in [0, 0.1) is 0 Å². The summed E-state index contributed by atoms with van der Waals surface area (Å²) in [4.78, 5) is 20.1. The molecule has 3 nitrogen and oxygen atoms in total. The van der Waals surface area contributed by atoms with E-state index in [1.54, 1.807) is 0 Å². The second-order valence-corrected chi connectivity index (χ2v) is 1.58. The highest BCUT2D eigenvalue weighted by atomic mass is 24.3. The lowest BCUT2D eigenvalue weighted by Gasteiger charge is -1.81. The van der Waals surface area contributed by atoms with Gasteiger partial charge in [-0.15, -0.1) is 0 Å². The van der Waals surface area contributed by atoms with Crippen molar-refractivity contribution in [2.24, 2.45) is 0 Å². The highest BCUT2D eigenvalue weighted by Crippen LogP contribution is 1.80. The number of rotatable bonds is 2. The molecule has 0 aliphatic rings. The fraction of sp³-hybridized carbons (Fsp3) is 0.600. The fourth-order valence-corrected chi connectivity index (χ4v) is 0.351. The molecule has 0 bridgehead atoms. The van der Waals surface area contributed by atoms with E-state index < -0.39 is 0 Å². The van der Waals surface area contributed by atoms with Gasteiger partial charge in [0.1, 0.15) is 11.6 Å². The van der Waals surface area contributed by atoms with Gasteiger partial charge in [0, 0.05) is 0 Å². The Labute approximate surface area is 70.3 Å². The van der Waals surface area contributed by atoms with Crippen molar-refractivity contribution in [3.63, 3.8) is 0 Å². The quantitative estimate of drug-likeness (QED) is 0.361. The monoisotopic (exact) mass is 144 g/mol. The van der Waals surface area contributed by atoms with Crippen LogP contribution in [0.15, 0.2) is 0 Å². The maximum atomic E-state index is 10.0. The maximum absolute atomic E-state index is 10.0. The number of hydrogen-bond donors (Lipinski definition) is 0. The largest absolute Gasteiger partial charge is 0.412 e. The highest BCUT2D eigenvalue weighted by molar-refractivity contribution is 5.96. The van der Waals surface area contributed by atoms with Gasteiger partial charge in [0.25, 0.3) is 0 Å². The van der Waals surface area contributed by atoms with Crippen LogP contribution >= 0.6 is 0 Å². The number of carbonyl (C=O) groups excluding carboxylic acids is 2. The van der Waals surface area contributed by atoms with Crippen LogP contribution in [0.4, 0.5) is 0 Å². The third-order valence-corrected chi connectivity index (χ3v) is 0.498. The van der Waals surface area contributed by atoms with Crippen molar-refractivity contribution < 1.29 is 15.1 Å². The zero-order valence-electron chi connectivity index (χ0n) is 5.02. The minimum atomic E-state index is -0.0625. The molecule has 0 radical (unpaired) electrons. The van der Waals surface area contributed by atoms with E-state index in [1.165, 1.54) is 13.8 Å². The Morgan fingerprint density at radius 1 is 1.11 bits per heavy atom. The van der Waals surface area contributed by atoms with Crippen molar-refractivity contribution in [1.82, 2.24) is 0 Å². The predicted octanol–water partition coefficient (Wildman–Crippen LogP) is -1.19. The van der Waals surface area contributed by atoms with Gasteiger partial charge in [0.15, 0.2) is 0 Å². The molecule has 0 aliphatic carbocycles. The average molecular weight is 144 g/mol. The van der Waals surface area contributed by atoms with Gasteiger partial charge in [-0.3, -0.25) is 9.59 Å². The maximum Gasteiger partial charge on any atom is 0.316 e. The first-order chi connectivity index (χ1) is 3.13. The minimum Gasteiger partial charge on any atom is -0.412 e. The van der Waals surface area contributed by atoms with Crippen LogP contribution in [0.2, 0.25) is 0 Å². The molecule has 0 saturated carbocycles. The standard InChI is InChI=1S/C5H8O2.Mg.H2O.2H/c1-4(6)3-5(2)7;;;;/h3H2,1-2H3;;1H2;;. The topological polar surface area (TPSA) is 65.6 Å². The number of carbonyl (C=O) groups is 2. The molecule has 4 heteroatoms. The van der Waals surface area contributed by atoms with E-state index in [-0.39, 0.29) is 46.5 Å². The third kappa shape index (κ3) is 18.0. The average Bonchev–Trinajstić information content (AvgIpc) is 1.27. The van der Waals surface area contributed by atoms with E-state index in [0.29, 0.717) is 0 Å². The van der Waals surface area contributed by atoms with Crippen molar-refractivity contribution >= 4 is 34.6 Å². The lowest BCUT2D eigenvalue weighted by molar-refractivity contribution is -0.124. The van der Waals surface area contributed by atoms with Crippen LogP contribution in [0.5, 0.6) is 0 Å². The molecule has 2 N–H and O–H groups in total. The van der Waals surface area contributed by atoms with Gasteiger partial charge in [-0.05, 0) is 13.8 Å². The molecular weight excluding hydrogens is 132 g/mol. The van der Waals surface area contributed by atoms with E-state index in [0.717, 1.165) is 0 Å². The van der Waals surface area contributed by atoms with Crippen LogP contribution in [0.25, 0.3) is 0 Å². The first-order valence-electron chi connectivity index (χ1n) is 2.12. The molecule has 9 heavy (non-hydrogen) atoms. The summed E-state index contributed by atoms with van der Waals surface area (Å²) >= 11 is 0. The molecule has 0 fully saturated rings. The first kappa shape index (κ1) is 16.0. The van der Waals surface area contributed by atoms with Crippen molar-refractivity contribution in [3.8, 4) is 0 Å². The Morgan fingerprint density at radius 3 is 1.33 bits per heavy atom. The van der Waals surface area contributed by atoms with Crippen LogP contribution in [0.1, 0.15) is 20.3 Å². The molecule has 0 aromatic heterocycles. The minimum absolute atomic E-state index is 0. The van der Waals surface area contributed by atoms with E-state index in [1.807, 2.05) is 0 Å². The SMILES string of the molecule is CC(=O)CC(C)=O.O.[MgH2]. The van der Waals surface area contributed by atoms with Crippen molar-refractivity contribution in [2.45, 2.75) is 20.3 Å². The highest BCUT2D eigenvalue weighted by Gasteiger charge is 1.94. The second kappa shape index (κ2) is 8.07. The fourth-order valence-electron chi connectivity index (χ4n) is 0.351. The van der Waals surface area contributed by atoms with Gasteiger partial charge in [-0.2, -0.15) is 0 Å². The van der Waals surface area contributed by atoms with E-state index in [4.69, 9.17) is 0 Å². The Kier molecular flexibility index (Phi) is 14.4. The van der Waals surface area contributed by atoms with E-state index in [2.05, 4.69) is 0 Å². The Hall–Kier alpha value is 0.0662. The second-order valence-electron chi connectivity index (χ2n) is 1.58. The zero-order chi connectivity index (χ0) is 5.86. The Balaban J connectivity index is -0.000000180. The Morgan fingerprint density at radius 2 is 1.33 bits per heavy atom. The van der Waals surface area contributed by atoms with Gasteiger partial charge >= 0.3 is 23.1 Å². The smallest absolute Gasteiger partial charge is 0.316 e. The predicted molar refractivity (Wildman–Crippen MR) is 38.1 cm³/mol. The van der Waals surface area contributed by atoms with Gasteiger partial charge in [-0.1, -0.05) is 0 Å². The van der Waals surface area contributed by atoms with Gasteiger partial charge in [0.2, 0.25) is 0 Å². The molecule has 0 amide bonds. The van der Waals surface area contributed by atoms with Crippen LogP contribution in [-0.2, 0) is 9.59 Å². The summed E-state index contributed by atoms with van der Waals surface area (Å²) in [5, 5.41) is 0. The molecule has 0 spiro atoms. The van der Waals surface area contributed by atoms with Gasteiger partial charge in [0.05, 0.1) is 6.42 Å². The van der Waals surface area contributed by atoms with Crippen LogP contribution < -0.4 is 0 Å². The van der Waals surface area contributed by atoms with Gasteiger partial charge in [-0.25, -0.2) is 0 Å². The molecular formula is C5H12MgO3.